The Kier molecular flexibility index (Phi) is 4.65. The number of thiocarbonyl (C=S) groups is 1. The van der Waals surface area contributed by atoms with Gasteiger partial charge in [0.05, 0.1) is 18.5 Å². The number of hydrogen-bond acceptors (Lipinski definition) is 5. The zero-order chi connectivity index (χ0) is 12.0. The molecule has 1 heterocycles. The smallest absolute Gasteiger partial charge is 0.325 e. The van der Waals surface area contributed by atoms with Crippen molar-refractivity contribution in [1.29, 1.82) is 0 Å². The molecule has 0 atom stereocenters. The number of pyridine rings is 1. The van der Waals surface area contributed by atoms with Crippen LogP contribution in [0.25, 0.3) is 0 Å². The molecule has 0 radical (unpaired) electrons. The Hall–Kier alpha value is -1.69. The number of nitrogens with two attached hydrogens (primary N) is 1. The van der Waals surface area contributed by atoms with Crippen LogP contribution in [-0.4, -0.2) is 29.1 Å². The lowest BCUT2D eigenvalue weighted by Crippen LogP contribution is -2.19. The third kappa shape index (κ3) is 3.47. The van der Waals surface area contributed by atoms with Crippen molar-refractivity contribution < 1.29 is 9.53 Å². The van der Waals surface area contributed by atoms with Crippen LogP contribution in [0.15, 0.2) is 18.5 Å². The van der Waals surface area contributed by atoms with Gasteiger partial charge in [-0.15, -0.1) is 0 Å². The number of nitrogens with zero attached hydrogens (tertiary/aromatic N) is 1. The fourth-order valence-corrected chi connectivity index (χ4v) is 1.31. The Morgan fingerprint density at radius 2 is 2.44 bits per heavy atom. The van der Waals surface area contributed by atoms with E-state index in [0.29, 0.717) is 17.9 Å². The lowest BCUT2D eigenvalue weighted by atomic mass is 10.2. The third-order valence-electron chi connectivity index (χ3n) is 1.82. The number of rotatable bonds is 5. The Balaban J connectivity index is 2.66. The van der Waals surface area contributed by atoms with E-state index in [0.717, 1.165) is 0 Å². The second kappa shape index (κ2) is 6.02. The Morgan fingerprint density at radius 3 is 3.06 bits per heavy atom. The molecular weight excluding hydrogens is 226 g/mol. The van der Waals surface area contributed by atoms with Gasteiger partial charge in [0.1, 0.15) is 11.5 Å². The molecular formula is C10H13N3O2S. The molecule has 0 aliphatic carbocycles. The standard InChI is InChI=1S/C10H13N3O2S/c1-2-15-9(14)6-13-8-5-12-4-3-7(8)10(11)16/h3-5,13H,2,6H2,1H3,(H2,11,16). The van der Waals surface area contributed by atoms with Gasteiger partial charge in [0.15, 0.2) is 0 Å². The first-order valence-corrected chi connectivity index (χ1v) is 5.19. The highest BCUT2D eigenvalue weighted by Crippen LogP contribution is 2.12. The molecule has 86 valence electrons. The van der Waals surface area contributed by atoms with Crippen LogP contribution in [0, 0.1) is 0 Å². The molecule has 0 amide bonds. The van der Waals surface area contributed by atoms with Crippen LogP contribution in [0.4, 0.5) is 5.69 Å². The summed E-state index contributed by atoms with van der Waals surface area (Å²) in [5.74, 6) is -0.333. The molecule has 6 heteroatoms. The van der Waals surface area contributed by atoms with E-state index in [2.05, 4.69) is 10.3 Å². The molecule has 0 aromatic carbocycles. The topological polar surface area (TPSA) is 77.2 Å². The van der Waals surface area contributed by atoms with Gasteiger partial charge < -0.3 is 15.8 Å². The Labute approximate surface area is 99.0 Å². The first kappa shape index (κ1) is 12.4. The number of hydrogen-bond donors (Lipinski definition) is 2. The molecule has 1 rings (SSSR count). The summed E-state index contributed by atoms with van der Waals surface area (Å²) in [5.41, 5.74) is 6.82. The summed E-state index contributed by atoms with van der Waals surface area (Å²) in [6.07, 6.45) is 3.15. The molecule has 5 nitrogen and oxygen atoms in total. The fourth-order valence-electron chi connectivity index (χ4n) is 1.13. The summed E-state index contributed by atoms with van der Waals surface area (Å²) in [6, 6.07) is 1.69. The summed E-state index contributed by atoms with van der Waals surface area (Å²) >= 11 is 4.87. The van der Waals surface area contributed by atoms with Gasteiger partial charge in [-0.3, -0.25) is 9.78 Å². The van der Waals surface area contributed by atoms with Crippen molar-refractivity contribution in [2.75, 3.05) is 18.5 Å². The minimum Gasteiger partial charge on any atom is -0.465 e. The molecule has 1 aromatic heterocycles. The summed E-state index contributed by atoms with van der Waals surface area (Å²) in [7, 11) is 0. The van der Waals surface area contributed by atoms with Crippen LogP contribution in [-0.2, 0) is 9.53 Å². The molecule has 0 fully saturated rings. The highest BCUT2D eigenvalue weighted by atomic mass is 32.1. The van der Waals surface area contributed by atoms with Crippen molar-refractivity contribution in [2.45, 2.75) is 6.92 Å². The highest BCUT2D eigenvalue weighted by Gasteiger charge is 2.06. The zero-order valence-corrected chi connectivity index (χ0v) is 9.71. The predicted molar refractivity (Wildman–Crippen MR) is 65.2 cm³/mol. The second-order valence-corrected chi connectivity index (χ2v) is 3.38. The molecule has 1 aromatic rings. The van der Waals surface area contributed by atoms with Crippen LogP contribution >= 0.6 is 12.2 Å². The summed E-state index contributed by atoms with van der Waals surface area (Å²) in [4.78, 5) is 15.3. The van der Waals surface area contributed by atoms with Crippen LogP contribution in [0.2, 0.25) is 0 Å². The lowest BCUT2D eigenvalue weighted by molar-refractivity contribution is -0.140. The van der Waals surface area contributed by atoms with Crippen molar-refractivity contribution in [1.82, 2.24) is 4.98 Å². The monoisotopic (exact) mass is 239 g/mol. The number of esters is 1. The first-order chi connectivity index (χ1) is 7.65. The van der Waals surface area contributed by atoms with Crippen LogP contribution in [0.5, 0.6) is 0 Å². The van der Waals surface area contributed by atoms with Crippen molar-refractivity contribution in [3.8, 4) is 0 Å². The van der Waals surface area contributed by atoms with E-state index >= 15 is 0 Å². The quantitative estimate of drug-likeness (QED) is 0.581. The van der Waals surface area contributed by atoms with E-state index in [1.165, 1.54) is 0 Å². The van der Waals surface area contributed by atoms with Crippen molar-refractivity contribution in [2.24, 2.45) is 5.73 Å². The van der Waals surface area contributed by atoms with Gasteiger partial charge in [-0.1, -0.05) is 12.2 Å². The van der Waals surface area contributed by atoms with Gasteiger partial charge >= 0.3 is 5.97 Å². The average Bonchev–Trinajstić information content (AvgIpc) is 2.27. The molecule has 0 unspecified atom stereocenters. The molecule has 0 saturated heterocycles. The van der Waals surface area contributed by atoms with Crippen LogP contribution in [0.1, 0.15) is 12.5 Å². The predicted octanol–water partition coefficient (Wildman–Crippen LogP) is 0.691. The maximum atomic E-state index is 11.1. The van der Waals surface area contributed by atoms with Gasteiger partial charge in [0.2, 0.25) is 0 Å². The van der Waals surface area contributed by atoms with Gasteiger partial charge in [-0.2, -0.15) is 0 Å². The number of aromatic nitrogens is 1. The van der Waals surface area contributed by atoms with E-state index < -0.39 is 0 Å². The Morgan fingerprint density at radius 1 is 1.69 bits per heavy atom. The molecule has 3 N–H and O–H groups in total. The number of anilines is 1. The van der Waals surface area contributed by atoms with Crippen molar-refractivity contribution in [3.63, 3.8) is 0 Å². The highest BCUT2D eigenvalue weighted by molar-refractivity contribution is 7.80. The molecule has 0 bridgehead atoms. The molecule has 0 spiro atoms. The second-order valence-electron chi connectivity index (χ2n) is 2.94. The number of carbonyl (C=O) groups is 1. The summed E-state index contributed by atoms with van der Waals surface area (Å²) in [6.45, 7) is 2.17. The van der Waals surface area contributed by atoms with E-state index in [9.17, 15) is 4.79 Å². The molecule has 0 saturated carbocycles. The number of nitrogens with one attached hydrogen (secondary N) is 1. The van der Waals surface area contributed by atoms with E-state index in [1.807, 2.05) is 0 Å². The Bertz CT molecular complexity index is 395. The van der Waals surface area contributed by atoms with Gasteiger partial charge in [-0.05, 0) is 13.0 Å². The number of carbonyl (C=O) groups excluding carboxylic acids is 1. The summed E-state index contributed by atoms with van der Waals surface area (Å²) in [5, 5.41) is 2.87. The van der Waals surface area contributed by atoms with Gasteiger partial charge in [0, 0.05) is 11.8 Å². The molecule has 0 aliphatic heterocycles. The van der Waals surface area contributed by atoms with Crippen molar-refractivity contribution in [3.05, 3.63) is 24.0 Å². The maximum absolute atomic E-state index is 11.1. The van der Waals surface area contributed by atoms with E-state index in [4.69, 9.17) is 22.7 Å². The minimum atomic E-state index is -0.333. The van der Waals surface area contributed by atoms with Gasteiger partial charge in [-0.25, -0.2) is 0 Å². The average molecular weight is 239 g/mol. The van der Waals surface area contributed by atoms with Crippen LogP contribution in [0.3, 0.4) is 0 Å². The first-order valence-electron chi connectivity index (χ1n) is 4.78. The third-order valence-corrected chi connectivity index (χ3v) is 2.03. The zero-order valence-electron chi connectivity index (χ0n) is 8.90. The SMILES string of the molecule is CCOC(=O)CNc1cnccc1C(N)=S. The lowest BCUT2D eigenvalue weighted by Gasteiger charge is -2.09. The molecule has 16 heavy (non-hydrogen) atoms. The van der Waals surface area contributed by atoms with Crippen molar-refractivity contribution >= 4 is 28.9 Å². The van der Waals surface area contributed by atoms with Gasteiger partial charge in [0.25, 0.3) is 0 Å². The normalized spacial score (nSPS) is 9.56. The largest absolute Gasteiger partial charge is 0.465 e. The molecule has 0 aliphatic rings. The fraction of sp³-hybridized carbons (Fsp3) is 0.300. The van der Waals surface area contributed by atoms with Crippen LogP contribution < -0.4 is 11.1 Å². The minimum absolute atomic E-state index is 0.0646. The summed E-state index contributed by atoms with van der Waals surface area (Å²) < 4.78 is 4.78. The van der Waals surface area contributed by atoms with E-state index in [-0.39, 0.29) is 17.5 Å². The maximum Gasteiger partial charge on any atom is 0.325 e. The van der Waals surface area contributed by atoms with E-state index in [1.54, 1.807) is 25.4 Å². The number of ether oxygens (including phenoxy) is 1.